The van der Waals surface area contributed by atoms with Gasteiger partial charge in [-0.25, -0.2) is 4.98 Å². The third-order valence-corrected chi connectivity index (χ3v) is 4.08. The van der Waals surface area contributed by atoms with Crippen LogP contribution in [0.25, 0.3) is 0 Å². The van der Waals surface area contributed by atoms with E-state index in [1.165, 1.54) is 18.0 Å². The molecular formula is C15H15Cl2N3O3S. The topological polar surface area (TPSA) is 73.3 Å². The summed E-state index contributed by atoms with van der Waals surface area (Å²) in [6.07, 6.45) is 3.23. The maximum absolute atomic E-state index is 12.5. The van der Waals surface area contributed by atoms with Crippen molar-refractivity contribution in [3.8, 4) is 5.88 Å². The molecule has 24 heavy (non-hydrogen) atoms. The first-order valence-corrected chi connectivity index (χ1v) is 8.83. The maximum Gasteiger partial charge on any atom is 0.262 e. The molecule has 0 fully saturated rings. The second-order valence-electron chi connectivity index (χ2n) is 4.47. The van der Waals surface area contributed by atoms with Crippen LogP contribution in [0.1, 0.15) is 10.4 Å². The summed E-state index contributed by atoms with van der Waals surface area (Å²) in [5.74, 6) is -0.294. The number of thioether (sulfide) groups is 1. The quantitative estimate of drug-likeness (QED) is 0.442. The number of carbonyl (C=O) groups excluding carboxylic acids is 1. The number of rotatable bonds is 7. The molecule has 1 aromatic heterocycles. The monoisotopic (exact) mass is 387 g/mol. The highest BCUT2D eigenvalue weighted by Crippen LogP contribution is 2.31. The van der Waals surface area contributed by atoms with Gasteiger partial charge in [0.25, 0.3) is 5.91 Å². The number of ether oxygens (including phenoxy) is 2. The zero-order chi connectivity index (χ0) is 17.5. The summed E-state index contributed by atoms with van der Waals surface area (Å²) in [5.41, 5.74) is 0.502. The van der Waals surface area contributed by atoms with E-state index in [4.69, 9.17) is 32.7 Å². The van der Waals surface area contributed by atoms with Crippen molar-refractivity contribution < 1.29 is 14.3 Å². The number of benzene rings is 1. The van der Waals surface area contributed by atoms with Crippen molar-refractivity contribution in [2.45, 2.75) is 5.16 Å². The van der Waals surface area contributed by atoms with E-state index >= 15 is 0 Å². The molecule has 0 aliphatic carbocycles. The molecule has 0 aliphatic rings. The van der Waals surface area contributed by atoms with Crippen LogP contribution >= 0.6 is 35.0 Å². The molecule has 1 N–H and O–H groups in total. The molecule has 0 bridgehead atoms. The van der Waals surface area contributed by atoms with Gasteiger partial charge in [0.05, 0.1) is 22.3 Å². The van der Waals surface area contributed by atoms with Gasteiger partial charge in [-0.2, -0.15) is 4.98 Å². The van der Waals surface area contributed by atoms with E-state index in [1.807, 2.05) is 6.26 Å². The van der Waals surface area contributed by atoms with Crippen LogP contribution < -0.4 is 10.1 Å². The molecular weight excluding hydrogens is 373 g/mol. The van der Waals surface area contributed by atoms with Crippen LogP contribution in [0.3, 0.4) is 0 Å². The number of methoxy groups -OCH3 is 1. The Kier molecular flexibility index (Phi) is 7.11. The van der Waals surface area contributed by atoms with Gasteiger partial charge in [-0.05, 0) is 18.4 Å². The summed E-state index contributed by atoms with van der Waals surface area (Å²) >= 11 is 13.5. The molecule has 1 heterocycles. The largest absolute Gasteiger partial charge is 0.475 e. The lowest BCUT2D eigenvalue weighted by Crippen LogP contribution is -2.17. The lowest BCUT2D eigenvalue weighted by Gasteiger charge is -2.12. The minimum Gasteiger partial charge on any atom is -0.475 e. The molecule has 0 unspecified atom stereocenters. The fourth-order valence-corrected chi connectivity index (χ4v) is 2.56. The molecule has 0 spiro atoms. The fourth-order valence-electron chi connectivity index (χ4n) is 1.73. The molecule has 0 saturated heterocycles. The average Bonchev–Trinajstić information content (AvgIpc) is 2.58. The predicted octanol–water partition coefficient (Wildman–Crippen LogP) is 3.78. The third-order valence-electron chi connectivity index (χ3n) is 2.89. The number of halogens is 2. The van der Waals surface area contributed by atoms with Crippen molar-refractivity contribution in [1.29, 1.82) is 0 Å². The van der Waals surface area contributed by atoms with E-state index in [-0.39, 0.29) is 18.1 Å². The number of hydrogen-bond acceptors (Lipinski definition) is 6. The van der Waals surface area contributed by atoms with E-state index in [9.17, 15) is 4.79 Å². The first-order valence-electron chi connectivity index (χ1n) is 6.85. The SMILES string of the molecule is COCCOc1nc(SC)ncc1C(=O)Nc1c(Cl)cccc1Cl. The highest BCUT2D eigenvalue weighted by Gasteiger charge is 2.18. The van der Waals surface area contributed by atoms with Crippen LogP contribution in [0.4, 0.5) is 5.69 Å². The van der Waals surface area contributed by atoms with Crippen molar-refractivity contribution in [2.75, 3.05) is 31.9 Å². The number of aromatic nitrogens is 2. The molecule has 6 nitrogen and oxygen atoms in total. The lowest BCUT2D eigenvalue weighted by molar-refractivity contribution is 0.101. The van der Waals surface area contributed by atoms with Gasteiger partial charge in [-0.15, -0.1) is 0 Å². The molecule has 0 radical (unpaired) electrons. The number of hydrogen-bond donors (Lipinski definition) is 1. The van der Waals surface area contributed by atoms with Crippen LogP contribution in [0, 0.1) is 0 Å². The van der Waals surface area contributed by atoms with Crippen molar-refractivity contribution in [1.82, 2.24) is 9.97 Å². The highest BCUT2D eigenvalue weighted by atomic mass is 35.5. The molecule has 9 heteroatoms. The van der Waals surface area contributed by atoms with Gasteiger partial charge in [0.1, 0.15) is 12.2 Å². The van der Waals surface area contributed by atoms with Gasteiger partial charge in [0.15, 0.2) is 5.16 Å². The summed E-state index contributed by atoms with van der Waals surface area (Å²) in [7, 11) is 1.56. The number of para-hydroxylation sites is 1. The maximum atomic E-state index is 12.5. The Morgan fingerprint density at radius 3 is 2.62 bits per heavy atom. The van der Waals surface area contributed by atoms with Crippen molar-refractivity contribution >= 4 is 46.6 Å². The Morgan fingerprint density at radius 1 is 1.29 bits per heavy atom. The molecule has 0 atom stereocenters. The molecule has 2 rings (SSSR count). The minimum atomic E-state index is -0.468. The third kappa shape index (κ3) is 4.73. The summed E-state index contributed by atoms with van der Waals surface area (Å²) in [6, 6.07) is 4.95. The van der Waals surface area contributed by atoms with E-state index in [2.05, 4.69) is 15.3 Å². The number of nitrogens with zero attached hydrogens (tertiary/aromatic N) is 2. The molecule has 128 valence electrons. The van der Waals surface area contributed by atoms with Crippen molar-refractivity contribution in [3.05, 3.63) is 40.0 Å². The molecule has 1 amide bonds. The molecule has 2 aromatic rings. The van der Waals surface area contributed by atoms with Gasteiger partial charge < -0.3 is 14.8 Å². The van der Waals surface area contributed by atoms with E-state index in [0.717, 1.165) is 0 Å². The van der Waals surface area contributed by atoms with Crippen molar-refractivity contribution in [3.63, 3.8) is 0 Å². The smallest absolute Gasteiger partial charge is 0.262 e. The molecule has 0 aliphatic heterocycles. The highest BCUT2D eigenvalue weighted by molar-refractivity contribution is 7.98. The van der Waals surface area contributed by atoms with Crippen LogP contribution in [0.2, 0.25) is 10.0 Å². The van der Waals surface area contributed by atoms with Gasteiger partial charge in [-0.3, -0.25) is 4.79 Å². The van der Waals surface area contributed by atoms with Crippen LogP contribution in [0.5, 0.6) is 5.88 Å². The number of carbonyl (C=O) groups is 1. The number of nitrogens with one attached hydrogen (secondary N) is 1. The summed E-state index contributed by atoms with van der Waals surface area (Å²) in [4.78, 5) is 20.9. The Bertz CT molecular complexity index is 711. The second-order valence-corrected chi connectivity index (χ2v) is 6.06. The van der Waals surface area contributed by atoms with E-state index in [1.54, 1.807) is 25.3 Å². The predicted molar refractivity (Wildman–Crippen MR) is 95.6 cm³/mol. The van der Waals surface area contributed by atoms with E-state index < -0.39 is 5.91 Å². The lowest BCUT2D eigenvalue weighted by atomic mass is 10.2. The second kappa shape index (κ2) is 9.08. The van der Waals surface area contributed by atoms with Crippen LogP contribution in [-0.4, -0.2) is 42.5 Å². The zero-order valence-corrected chi connectivity index (χ0v) is 15.3. The minimum absolute atomic E-state index is 0.173. The standard InChI is InChI=1S/C15H15Cl2N3O3S/c1-22-6-7-23-14-9(8-18-15(20-14)24-2)13(21)19-12-10(16)4-3-5-11(12)17/h3-5,8H,6-7H2,1-2H3,(H,19,21). The van der Waals surface area contributed by atoms with Crippen LogP contribution in [0.15, 0.2) is 29.6 Å². The Balaban J connectivity index is 2.27. The van der Waals surface area contributed by atoms with Gasteiger partial charge in [0, 0.05) is 13.3 Å². The van der Waals surface area contributed by atoms with Crippen LogP contribution in [-0.2, 0) is 4.74 Å². The Hall–Kier alpha value is -1.54. The van der Waals surface area contributed by atoms with E-state index in [0.29, 0.717) is 27.5 Å². The first-order chi connectivity index (χ1) is 11.6. The van der Waals surface area contributed by atoms with Gasteiger partial charge >= 0.3 is 0 Å². The van der Waals surface area contributed by atoms with Gasteiger partial charge in [0.2, 0.25) is 5.88 Å². The Morgan fingerprint density at radius 2 is 2.00 bits per heavy atom. The Labute approximate surface area is 153 Å². The van der Waals surface area contributed by atoms with Gasteiger partial charge in [-0.1, -0.05) is 41.0 Å². The summed E-state index contributed by atoms with van der Waals surface area (Å²) in [6.45, 7) is 0.629. The summed E-state index contributed by atoms with van der Waals surface area (Å²) < 4.78 is 10.5. The fraction of sp³-hybridized carbons (Fsp3) is 0.267. The average molecular weight is 388 g/mol. The normalized spacial score (nSPS) is 10.5. The number of anilines is 1. The molecule has 0 saturated carbocycles. The first kappa shape index (κ1) is 18.8. The van der Waals surface area contributed by atoms with Crippen molar-refractivity contribution in [2.24, 2.45) is 0 Å². The summed E-state index contributed by atoms with van der Waals surface area (Å²) in [5, 5.41) is 3.82. The number of amides is 1. The zero-order valence-electron chi connectivity index (χ0n) is 13.0. The molecule has 1 aromatic carbocycles.